The molecule has 1 saturated carbocycles. The van der Waals surface area contributed by atoms with Crippen molar-refractivity contribution in [3.05, 3.63) is 0 Å². The Morgan fingerprint density at radius 1 is 1.53 bits per heavy atom. The van der Waals surface area contributed by atoms with Crippen LogP contribution >= 0.6 is 0 Å². The van der Waals surface area contributed by atoms with Gasteiger partial charge < -0.3 is 10.5 Å². The number of nitrogens with zero attached hydrogens (tertiary/aromatic N) is 2. The minimum Gasteiger partial charge on any atom is -0.410 e. The average molecular weight is 210 g/mol. The van der Waals surface area contributed by atoms with Gasteiger partial charge in [0.25, 0.3) is 5.91 Å². The maximum atomic E-state index is 11.0. The fourth-order valence-corrected chi connectivity index (χ4v) is 0.884. The monoisotopic (exact) mass is 210 g/mol. The zero-order valence-electron chi connectivity index (χ0n) is 7.86. The van der Waals surface area contributed by atoms with Crippen LogP contribution in [0.5, 0.6) is 0 Å². The van der Waals surface area contributed by atoms with Gasteiger partial charge in [-0.25, -0.2) is 4.79 Å². The standard InChI is InChI=1S/C8H10N4O3/c9-3-6(12-15)7(13)11-8(14)10-4-5-1-2-5/h5,15H,1-2,4H2,(H2,10,11,13,14). The number of rotatable bonds is 3. The van der Waals surface area contributed by atoms with E-state index >= 15 is 0 Å². The fraction of sp³-hybridized carbons (Fsp3) is 0.500. The van der Waals surface area contributed by atoms with Gasteiger partial charge in [-0.15, -0.1) is 0 Å². The van der Waals surface area contributed by atoms with Crippen LogP contribution in [-0.4, -0.2) is 29.4 Å². The summed E-state index contributed by atoms with van der Waals surface area (Å²) in [5.41, 5.74) is -0.753. The molecule has 80 valence electrons. The molecule has 0 bridgehead atoms. The molecule has 1 rings (SSSR count). The summed E-state index contributed by atoms with van der Waals surface area (Å²) in [5, 5.41) is 23.3. The molecule has 3 N–H and O–H groups in total. The lowest BCUT2D eigenvalue weighted by molar-refractivity contribution is -0.113. The largest absolute Gasteiger partial charge is 0.410 e. The van der Waals surface area contributed by atoms with Crippen LogP contribution in [0.2, 0.25) is 0 Å². The summed E-state index contributed by atoms with van der Waals surface area (Å²) in [4.78, 5) is 22.0. The van der Waals surface area contributed by atoms with Crippen LogP contribution in [0.15, 0.2) is 5.16 Å². The number of oxime groups is 1. The molecule has 3 amide bonds. The van der Waals surface area contributed by atoms with Crippen LogP contribution in [0, 0.1) is 17.2 Å². The first-order chi connectivity index (χ1) is 7.17. The van der Waals surface area contributed by atoms with Crippen LogP contribution in [0.1, 0.15) is 12.8 Å². The minimum absolute atomic E-state index is 0.493. The van der Waals surface area contributed by atoms with Crippen LogP contribution in [0.3, 0.4) is 0 Å². The van der Waals surface area contributed by atoms with Crippen molar-refractivity contribution < 1.29 is 14.8 Å². The maximum Gasteiger partial charge on any atom is 0.321 e. The number of urea groups is 1. The Morgan fingerprint density at radius 3 is 2.67 bits per heavy atom. The molecule has 0 aromatic rings. The highest BCUT2D eigenvalue weighted by Crippen LogP contribution is 2.27. The third kappa shape index (κ3) is 3.64. The number of amides is 3. The molecular formula is C8H10N4O3. The number of nitrogens with one attached hydrogen (secondary N) is 2. The summed E-state index contributed by atoms with van der Waals surface area (Å²) in [6.07, 6.45) is 2.16. The SMILES string of the molecule is N#CC(=NO)C(=O)NC(=O)NCC1CC1. The van der Waals surface area contributed by atoms with Crippen molar-refractivity contribution in [2.75, 3.05) is 6.54 Å². The first kappa shape index (κ1) is 11.0. The van der Waals surface area contributed by atoms with Gasteiger partial charge in [-0.05, 0) is 18.8 Å². The van der Waals surface area contributed by atoms with Gasteiger partial charge in [0.05, 0.1) is 0 Å². The molecule has 0 atom stereocenters. The zero-order valence-corrected chi connectivity index (χ0v) is 7.86. The van der Waals surface area contributed by atoms with E-state index in [2.05, 4.69) is 10.5 Å². The van der Waals surface area contributed by atoms with Gasteiger partial charge in [0.2, 0.25) is 5.71 Å². The van der Waals surface area contributed by atoms with E-state index in [9.17, 15) is 9.59 Å². The van der Waals surface area contributed by atoms with Crippen molar-refractivity contribution in [2.45, 2.75) is 12.8 Å². The van der Waals surface area contributed by atoms with E-state index in [4.69, 9.17) is 10.5 Å². The number of nitriles is 1. The number of hydrogen-bond acceptors (Lipinski definition) is 5. The van der Waals surface area contributed by atoms with E-state index in [1.54, 1.807) is 0 Å². The van der Waals surface area contributed by atoms with Crippen molar-refractivity contribution in [1.29, 1.82) is 5.26 Å². The Kier molecular flexibility index (Phi) is 3.62. The zero-order chi connectivity index (χ0) is 11.3. The lowest BCUT2D eigenvalue weighted by atomic mass is 10.4. The van der Waals surface area contributed by atoms with E-state index < -0.39 is 17.6 Å². The molecule has 1 fully saturated rings. The fourth-order valence-electron chi connectivity index (χ4n) is 0.884. The van der Waals surface area contributed by atoms with Gasteiger partial charge in [-0.2, -0.15) is 5.26 Å². The van der Waals surface area contributed by atoms with Crippen LogP contribution in [0.4, 0.5) is 4.79 Å². The molecule has 0 spiro atoms. The summed E-state index contributed by atoms with van der Waals surface area (Å²) in [5.74, 6) is -0.527. The predicted octanol–water partition coefficient (Wildman–Crippen LogP) is -0.424. The summed E-state index contributed by atoms with van der Waals surface area (Å²) in [6.45, 7) is 0.511. The van der Waals surface area contributed by atoms with E-state index in [1.165, 1.54) is 6.07 Å². The van der Waals surface area contributed by atoms with Gasteiger partial charge in [-0.3, -0.25) is 10.1 Å². The van der Waals surface area contributed by atoms with Crippen molar-refractivity contribution in [2.24, 2.45) is 11.1 Å². The second-order valence-electron chi connectivity index (χ2n) is 3.17. The first-order valence-electron chi connectivity index (χ1n) is 4.38. The van der Waals surface area contributed by atoms with Crippen LogP contribution < -0.4 is 10.6 Å². The lowest BCUT2D eigenvalue weighted by Gasteiger charge is -2.03. The van der Waals surface area contributed by atoms with Gasteiger partial charge in [0.1, 0.15) is 6.07 Å². The molecule has 15 heavy (non-hydrogen) atoms. The van der Waals surface area contributed by atoms with Gasteiger partial charge in [0, 0.05) is 6.54 Å². The molecule has 0 aromatic carbocycles. The molecule has 0 radical (unpaired) electrons. The number of imide groups is 1. The van der Waals surface area contributed by atoms with Crippen LogP contribution in [-0.2, 0) is 4.79 Å². The highest BCUT2D eigenvalue weighted by molar-refractivity contribution is 6.46. The van der Waals surface area contributed by atoms with Gasteiger partial charge >= 0.3 is 6.03 Å². The molecule has 0 aromatic heterocycles. The molecule has 0 aliphatic heterocycles. The smallest absolute Gasteiger partial charge is 0.321 e. The van der Waals surface area contributed by atoms with Crippen molar-refractivity contribution in [3.63, 3.8) is 0 Å². The normalized spacial score (nSPS) is 15.3. The highest BCUT2D eigenvalue weighted by Gasteiger charge is 2.22. The highest BCUT2D eigenvalue weighted by atomic mass is 16.4. The Hall–Kier alpha value is -2.10. The molecule has 0 heterocycles. The maximum absolute atomic E-state index is 11.0. The Labute approximate surface area is 85.7 Å². The van der Waals surface area contributed by atoms with Crippen molar-refractivity contribution >= 4 is 17.6 Å². The summed E-state index contributed by atoms with van der Waals surface area (Å²) in [7, 11) is 0. The Bertz CT molecular complexity index is 340. The molecule has 1 aliphatic carbocycles. The topological polar surface area (TPSA) is 115 Å². The lowest BCUT2D eigenvalue weighted by Crippen LogP contribution is -2.43. The van der Waals surface area contributed by atoms with E-state index in [1.807, 2.05) is 5.32 Å². The van der Waals surface area contributed by atoms with E-state index in [-0.39, 0.29) is 0 Å². The second-order valence-corrected chi connectivity index (χ2v) is 3.17. The average Bonchev–Trinajstić information content (AvgIpc) is 3.00. The third-order valence-corrected chi connectivity index (χ3v) is 1.90. The predicted molar refractivity (Wildman–Crippen MR) is 49.1 cm³/mol. The molecule has 1 aliphatic rings. The Morgan fingerprint density at radius 2 is 2.20 bits per heavy atom. The first-order valence-corrected chi connectivity index (χ1v) is 4.38. The van der Waals surface area contributed by atoms with Crippen molar-refractivity contribution in [3.8, 4) is 6.07 Å². The van der Waals surface area contributed by atoms with E-state index in [0.717, 1.165) is 12.8 Å². The molecule has 0 saturated heterocycles. The minimum atomic E-state index is -1.02. The molecule has 7 nitrogen and oxygen atoms in total. The number of hydrogen-bond donors (Lipinski definition) is 3. The second kappa shape index (κ2) is 4.95. The molecule has 7 heteroatoms. The van der Waals surface area contributed by atoms with Crippen LogP contribution in [0.25, 0.3) is 0 Å². The van der Waals surface area contributed by atoms with E-state index in [0.29, 0.717) is 12.5 Å². The van der Waals surface area contributed by atoms with Crippen molar-refractivity contribution in [1.82, 2.24) is 10.6 Å². The third-order valence-electron chi connectivity index (χ3n) is 1.90. The number of carbonyl (C=O) groups is 2. The summed E-state index contributed by atoms with van der Waals surface area (Å²) < 4.78 is 0. The summed E-state index contributed by atoms with van der Waals surface area (Å²) >= 11 is 0. The van der Waals surface area contributed by atoms with Gasteiger partial charge in [0.15, 0.2) is 0 Å². The number of carbonyl (C=O) groups excluding carboxylic acids is 2. The molecule has 0 unspecified atom stereocenters. The quantitative estimate of drug-likeness (QED) is 0.333. The summed E-state index contributed by atoms with van der Waals surface area (Å²) in [6, 6.07) is 0.651. The molecular weight excluding hydrogens is 200 g/mol. The Balaban J connectivity index is 2.30. The van der Waals surface area contributed by atoms with Gasteiger partial charge in [-0.1, -0.05) is 5.16 Å².